The summed E-state index contributed by atoms with van der Waals surface area (Å²) in [7, 11) is 0. The van der Waals surface area contributed by atoms with E-state index in [-0.39, 0.29) is 23.7 Å². The molecule has 0 aromatic heterocycles. The molecule has 0 amide bonds. The lowest BCUT2D eigenvalue weighted by Gasteiger charge is -2.47. The predicted molar refractivity (Wildman–Crippen MR) is 64.3 cm³/mol. The van der Waals surface area contributed by atoms with Crippen LogP contribution in [-0.2, 0) is 0 Å². The summed E-state index contributed by atoms with van der Waals surface area (Å²) in [6.07, 6.45) is 3.16. The number of hydrogen-bond acceptors (Lipinski definition) is 3. The van der Waals surface area contributed by atoms with Crippen LogP contribution in [0, 0.1) is 23.7 Å². The Hall–Kier alpha value is -0.120. The molecule has 3 aliphatic rings. The van der Waals surface area contributed by atoms with Gasteiger partial charge >= 0.3 is 0 Å². The van der Waals surface area contributed by atoms with Gasteiger partial charge in [-0.2, -0.15) is 0 Å². The van der Waals surface area contributed by atoms with Crippen molar-refractivity contribution < 1.29 is 15.3 Å². The van der Waals surface area contributed by atoms with E-state index in [2.05, 4.69) is 0 Å². The highest BCUT2D eigenvalue weighted by Gasteiger charge is 2.66. The Labute approximate surface area is 103 Å². The maximum absolute atomic E-state index is 10.8. The molecule has 0 aromatic carbocycles. The number of aliphatic hydroxyl groups is 3. The largest absolute Gasteiger partial charge is 0.390 e. The molecular weight excluding hydrogens is 216 g/mol. The molecule has 3 rings (SSSR count). The van der Waals surface area contributed by atoms with Crippen LogP contribution in [0.15, 0.2) is 0 Å². The van der Waals surface area contributed by atoms with E-state index in [4.69, 9.17) is 0 Å². The van der Waals surface area contributed by atoms with Crippen molar-refractivity contribution >= 4 is 0 Å². The molecule has 0 saturated heterocycles. The normalized spacial score (nSPS) is 66.0. The second kappa shape index (κ2) is 3.06. The number of hydrogen-bond donors (Lipinski definition) is 3. The van der Waals surface area contributed by atoms with Crippen LogP contribution in [-0.4, -0.2) is 32.1 Å². The number of fused-ring (bicyclic) bond motifs is 4. The summed E-state index contributed by atoms with van der Waals surface area (Å²) in [5, 5.41) is 31.9. The minimum atomic E-state index is -0.724. The first-order valence-electron chi connectivity index (χ1n) is 6.83. The van der Waals surface area contributed by atoms with Gasteiger partial charge in [-0.3, -0.25) is 0 Å². The molecule has 0 spiro atoms. The lowest BCUT2D eigenvalue weighted by molar-refractivity contribution is -0.135. The van der Waals surface area contributed by atoms with Crippen molar-refractivity contribution in [2.45, 2.75) is 63.3 Å². The van der Waals surface area contributed by atoms with Crippen LogP contribution in [0.1, 0.15) is 46.5 Å². The minimum absolute atomic E-state index is 0.0475. The monoisotopic (exact) mass is 240 g/mol. The van der Waals surface area contributed by atoms with Crippen LogP contribution in [0.25, 0.3) is 0 Å². The Balaban J connectivity index is 2.07. The van der Waals surface area contributed by atoms with Crippen molar-refractivity contribution in [3.8, 4) is 0 Å². The third-order valence-corrected chi connectivity index (χ3v) is 6.12. The van der Waals surface area contributed by atoms with E-state index in [1.807, 2.05) is 20.8 Å². The van der Waals surface area contributed by atoms with E-state index in [1.165, 1.54) is 0 Å². The third kappa shape index (κ3) is 1.39. The average molecular weight is 240 g/mol. The van der Waals surface area contributed by atoms with Crippen LogP contribution in [0.5, 0.6) is 0 Å². The maximum Gasteiger partial charge on any atom is 0.0680 e. The van der Waals surface area contributed by atoms with Crippen molar-refractivity contribution in [2.75, 3.05) is 0 Å². The fourth-order valence-corrected chi connectivity index (χ4v) is 5.17. The highest BCUT2D eigenvalue weighted by atomic mass is 16.3. The molecule has 3 N–H and O–H groups in total. The number of rotatable bonds is 0. The third-order valence-electron chi connectivity index (χ3n) is 6.12. The van der Waals surface area contributed by atoms with Gasteiger partial charge in [-0.25, -0.2) is 0 Å². The van der Waals surface area contributed by atoms with Crippen LogP contribution < -0.4 is 0 Å². The van der Waals surface area contributed by atoms with Crippen molar-refractivity contribution in [3.63, 3.8) is 0 Å². The fourth-order valence-electron chi connectivity index (χ4n) is 5.17. The average Bonchev–Trinajstić information content (AvgIpc) is 2.60. The Morgan fingerprint density at radius 1 is 0.941 bits per heavy atom. The van der Waals surface area contributed by atoms with Gasteiger partial charge in [-0.15, -0.1) is 0 Å². The van der Waals surface area contributed by atoms with Gasteiger partial charge < -0.3 is 15.3 Å². The second-order valence-corrected chi connectivity index (χ2v) is 7.35. The van der Waals surface area contributed by atoms with Crippen molar-refractivity contribution in [1.29, 1.82) is 0 Å². The molecule has 2 bridgehead atoms. The highest BCUT2D eigenvalue weighted by molar-refractivity contribution is 5.16. The zero-order chi connectivity index (χ0) is 12.6. The molecule has 3 heteroatoms. The van der Waals surface area contributed by atoms with Crippen LogP contribution in [0.3, 0.4) is 0 Å². The van der Waals surface area contributed by atoms with Gasteiger partial charge in [-0.05, 0) is 70.1 Å². The van der Waals surface area contributed by atoms with Crippen molar-refractivity contribution in [2.24, 2.45) is 23.7 Å². The second-order valence-electron chi connectivity index (χ2n) is 7.35. The Bertz CT molecular complexity index is 341. The lowest BCUT2D eigenvalue weighted by atomic mass is 9.62. The Morgan fingerprint density at radius 3 is 2.24 bits per heavy atom. The van der Waals surface area contributed by atoms with Gasteiger partial charge in [0.15, 0.2) is 0 Å². The van der Waals surface area contributed by atoms with Gasteiger partial charge in [-0.1, -0.05) is 0 Å². The van der Waals surface area contributed by atoms with E-state index < -0.39 is 16.8 Å². The van der Waals surface area contributed by atoms with E-state index in [0.29, 0.717) is 6.42 Å². The van der Waals surface area contributed by atoms with Gasteiger partial charge in [0.05, 0.1) is 16.8 Å². The van der Waals surface area contributed by atoms with Crippen LogP contribution in [0.2, 0.25) is 0 Å². The van der Waals surface area contributed by atoms with Crippen LogP contribution >= 0.6 is 0 Å². The minimum Gasteiger partial charge on any atom is -0.390 e. The molecule has 7 atom stereocenters. The zero-order valence-corrected chi connectivity index (χ0v) is 11.0. The summed E-state index contributed by atoms with van der Waals surface area (Å²) in [6.45, 7) is 5.67. The van der Waals surface area contributed by atoms with E-state index in [1.54, 1.807) is 0 Å². The molecule has 98 valence electrons. The molecule has 3 aliphatic carbocycles. The van der Waals surface area contributed by atoms with E-state index in [9.17, 15) is 15.3 Å². The first kappa shape index (κ1) is 11.9. The zero-order valence-electron chi connectivity index (χ0n) is 11.0. The Morgan fingerprint density at radius 2 is 1.59 bits per heavy atom. The molecule has 0 radical (unpaired) electrons. The molecule has 0 aliphatic heterocycles. The molecule has 0 aromatic rings. The predicted octanol–water partition coefficient (Wildman–Crippen LogP) is 1.31. The van der Waals surface area contributed by atoms with Gasteiger partial charge in [0.2, 0.25) is 0 Å². The molecular formula is C14H24O3. The lowest BCUT2D eigenvalue weighted by Crippen LogP contribution is -2.53. The van der Waals surface area contributed by atoms with E-state index >= 15 is 0 Å². The topological polar surface area (TPSA) is 60.7 Å². The fraction of sp³-hybridized carbons (Fsp3) is 1.00. The summed E-state index contributed by atoms with van der Waals surface area (Å²) >= 11 is 0. The Kier molecular flexibility index (Phi) is 2.15. The molecule has 3 saturated carbocycles. The van der Waals surface area contributed by atoms with Gasteiger partial charge in [0, 0.05) is 0 Å². The molecule has 7 unspecified atom stereocenters. The smallest absolute Gasteiger partial charge is 0.0680 e. The molecule has 0 heterocycles. The molecule has 3 fully saturated rings. The molecule has 3 nitrogen and oxygen atoms in total. The van der Waals surface area contributed by atoms with Crippen molar-refractivity contribution in [1.82, 2.24) is 0 Å². The quantitative estimate of drug-likeness (QED) is 0.598. The standard InChI is InChI=1S/C14H24O3/c1-12(15)5-4-9-11(12)10-6-8(14(9,3)17)7-13(10,2)16/h8-11,15-17H,4-7H2,1-3H3. The first-order chi connectivity index (χ1) is 7.66. The summed E-state index contributed by atoms with van der Waals surface area (Å²) in [5.74, 6) is 0.536. The van der Waals surface area contributed by atoms with E-state index in [0.717, 1.165) is 19.3 Å². The summed E-state index contributed by atoms with van der Waals surface area (Å²) in [4.78, 5) is 0. The molecule has 17 heavy (non-hydrogen) atoms. The van der Waals surface area contributed by atoms with Crippen molar-refractivity contribution in [3.05, 3.63) is 0 Å². The summed E-state index contributed by atoms with van der Waals surface area (Å²) in [5.41, 5.74) is -2.16. The summed E-state index contributed by atoms with van der Waals surface area (Å²) in [6, 6.07) is 0. The van der Waals surface area contributed by atoms with Gasteiger partial charge in [0.1, 0.15) is 0 Å². The first-order valence-corrected chi connectivity index (χ1v) is 6.83. The van der Waals surface area contributed by atoms with Gasteiger partial charge in [0.25, 0.3) is 0 Å². The maximum atomic E-state index is 10.8. The van der Waals surface area contributed by atoms with Crippen LogP contribution in [0.4, 0.5) is 0 Å². The highest BCUT2D eigenvalue weighted by Crippen LogP contribution is 2.64. The SMILES string of the molecule is CC1(O)CC2CC1C1C(CCC1(C)O)C2(C)O. The summed E-state index contributed by atoms with van der Waals surface area (Å²) < 4.78 is 0.